The molecular formula is C20H16ClN3O3S. The number of carbonyl (C=O) groups excluding carboxylic acids is 1. The van der Waals surface area contributed by atoms with E-state index in [1.54, 1.807) is 36.8 Å². The van der Waals surface area contributed by atoms with Crippen LogP contribution in [0.15, 0.2) is 75.0 Å². The van der Waals surface area contributed by atoms with E-state index in [-0.39, 0.29) is 5.91 Å². The number of aromatic amines is 1. The molecule has 6 nitrogen and oxygen atoms in total. The number of thioether (sulfide) groups is 1. The van der Waals surface area contributed by atoms with Gasteiger partial charge in [0.05, 0.1) is 12.5 Å². The van der Waals surface area contributed by atoms with Crippen LogP contribution in [-0.2, 0) is 4.79 Å². The summed E-state index contributed by atoms with van der Waals surface area (Å²) in [6, 6.07) is 14.4. The fourth-order valence-corrected chi connectivity index (χ4v) is 3.64. The van der Waals surface area contributed by atoms with Crippen molar-refractivity contribution in [2.24, 2.45) is 0 Å². The molecule has 0 aliphatic rings. The molecule has 0 spiro atoms. The van der Waals surface area contributed by atoms with Crippen LogP contribution in [0.3, 0.4) is 0 Å². The molecule has 0 atom stereocenters. The monoisotopic (exact) mass is 413 g/mol. The molecule has 142 valence electrons. The molecule has 4 rings (SSSR count). The highest BCUT2D eigenvalue weighted by Gasteiger charge is 2.18. The number of furan rings is 2. The summed E-state index contributed by atoms with van der Waals surface area (Å²) >= 11 is 7.39. The minimum absolute atomic E-state index is 0.0844. The van der Waals surface area contributed by atoms with Crippen LogP contribution in [0.5, 0.6) is 0 Å². The molecule has 0 aliphatic heterocycles. The second-order valence-electron chi connectivity index (χ2n) is 5.88. The van der Waals surface area contributed by atoms with Crippen molar-refractivity contribution in [1.29, 1.82) is 0 Å². The van der Waals surface area contributed by atoms with Gasteiger partial charge in [0.25, 0.3) is 0 Å². The fourth-order valence-electron chi connectivity index (χ4n) is 2.64. The number of hydrogen-bond acceptors (Lipinski definition) is 5. The molecule has 0 fully saturated rings. The Morgan fingerprint density at radius 2 is 1.89 bits per heavy atom. The maximum absolute atomic E-state index is 12.1. The van der Waals surface area contributed by atoms with Gasteiger partial charge in [-0.1, -0.05) is 29.4 Å². The Morgan fingerprint density at radius 1 is 1.11 bits per heavy atom. The second kappa shape index (κ2) is 8.41. The third kappa shape index (κ3) is 4.32. The van der Waals surface area contributed by atoms with Gasteiger partial charge in [0.1, 0.15) is 11.4 Å². The number of hydrogen-bond donors (Lipinski definition) is 2. The number of H-pyrrole nitrogens is 1. The zero-order valence-electron chi connectivity index (χ0n) is 14.6. The lowest BCUT2D eigenvalue weighted by atomic mass is 10.2. The number of nitrogens with one attached hydrogen (secondary N) is 2. The predicted molar refractivity (Wildman–Crippen MR) is 109 cm³/mol. The zero-order valence-corrected chi connectivity index (χ0v) is 16.2. The molecule has 0 radical (unpaired) electrons. The summed E-state index contributed by atoms with van der Waals surface area (Å²) < 4.78 is 11.0. The summed E-state index contributed by atoms with van der Waals surface area (Å²) in [6.07, 6.45) is 3.54. The highest BCUT2D eigenvalue weighted by atomic mass is 35.5. The van der Waals surface area contributed by atoms with Gasteiger partial charge in [0.2, 0.25) is 5.91 Å². The largest absolute Gasteiger partial charge is 0.463 e. The smallest absolute Gasteiger partial charge is 0.225 e. The summed E-state index contributed by atoms with van der Waals surface area (Å²) in [5, 5.41) is 4.10. The maximum Gasteiger partial charge on any atom is 0.225 e. The number of benzene rings is 1. The lowest BCUT2D eigenvalue weighted by molar-refractivity contribution is -0.115. The molecule has 1 amide bonds. The standard InChI is InChI=1S/C20H16ClN3O3S/c21-13-4-1-5-14(12-13)22-17(25)8-11-28-20-23-18(15-6-2-9-26-15)19(24-20)16-7-3-10-27-16/h1-7,9-10,12H,8,11H2,(H,22,25)(H,23,24). The van der Waals surface area contributed by atoms with E-state index in [0.717, 1.165) is 5.69 Å². The second-order valence-corrected chi connectivity index (χ2v) is 7.40. The van der Waals surface area contributed by atoms with Gasteiger partial charge in [0.15, 0.2) is 16.7 Å². The highest BCUT2D eigenvalue weighted by molar-refractivity contribution is 7.99. The lowest BCUT2D eigenvalue weighted by Crippen LogP contribution is -2.12. The summed E-state index contributed by atoms with van der Waals surface area (Å²) in [5.41, 5.74) is 2.09. The maximum atomic E-state index is 12.1. The SMILES string of the molecule is O=C(CCSc1nc(-c2ccco2)c(-c2ccco2)[nH]1)Nc1cccc(Cl)c1. The summed E-state index contributed by atoms with van der Waals surface area (Å²) in [4.78, 5) is 20.0. The minimum Gasteiger partial charge on any atom is -0.463 e. The normalized spacial score (nSPS) is 10.9. The highest BCUT2D eigenvalue weighted by Crippen LogP contribution is 2.33. The Kier molecular flexibility index (Phi) is 5.55. The first kappa shape index (κ1) is 18.5. The summed E-state index contributed by atoms with van der Waals surface area (Å²) in [6.45, 7) is 0. The van der Waals surface area contributed by atoms with Crippen LogP contribution in [0.4, 0.5) is 5.69 Å². The Morgan fingerprint density at radius 3 is 2.61 bits per heavy atom. The van der Waals surface area contributed by atoms with E-state index in [4.69, 9.17) is 20.4 Å². The van der Waals surface area contributed by atoms with E-state index in [9.17, 15) is 4.79 Å². The number of anilines is 1. The number of nitrogens with zero attached hydrogens (tertiary/aromatic N) is 1. The van der Waals surface area contributed by atoms with Gasteiger partial charge >= 0.3 is 0 Å². The molecule has 4 aromatic rings. The molecule has 28 heavy (non-hydrogen) atoms. The first-order valence-corrected chi connectivity index (χ1v) is 9.91. The van der Waals surface area contributed by atoms with Crippen molar-refractivity contribution < 1.29 is 13.6 Å². The molecule has 2 N–H and O–H groups in total. The van der Waals surface area contributed by atoms with Gasteiger partial charge < -0.3 is 19.1 Å². The van der Waals surface area contributed by atoms with Crippen LogP contribution >= 0.6 is 23.4 Å². The predicted octanol–water partition coefficient (Wildman–Crippen LogP) is 5.70. The molecule has 8 heteroatoms. The Balaban J connectivity index is 1.41. The van der Waals surface area contributed by atoms with Crippen molar-refractivity contribution in [3.05, 3.63) is 66.1 Å². The van der Waals surface area contributed by atoms with Crippen LogP contribution in [0.25, 0.3) is 22.9 Å². The first-order valence-electron chi connectivity index (χ1n) is 8.55. The number of carbonyl (C=O) groups is 1. The third-order valence-electron chi connectivity index (χ3n) is 3.88. The van der Waals surface area contributed by atoms with Gasteiger partial charge in [-0.2, -0.15) is 0 Å². The van der Waals surface area contributed by atoms with E-state index in [2.05, 4.69) is 15.3 Å². The van der Waals surface area contributed by atoms with E-state index in [1.807, 2.05) is 24.3 Å². The molecule has 0 saturated heterocycles. The lowest BCUT2D eigenvalue weighted by Gasteiger charge is -2.04. The van der Waals surface area contributed by atoms with Crippen molar-refractivity contribution in [3.8, 4) is 22.9 Å². The summed E-state index contributed by atoms with van der Waals surface area (Å²) in [7, 11) is 0. The zero-order chi connectivity index (χ0) is 19.3. The van der Waals surface area contributed by atoms with Crippen LogP contribution < -0.4 is 5.32 Å². The third-order valence-corrected chi connectivity index (χ3v) is 4.99. The Bertz CT molecular complexity index is 1010. The van der Waals surface area contributed by atoms with E-state index in [0.29, 0.717) is 45.3 Å². The van der Waals surface area contributed by atoms with E-state index < -0.39 is 0 Å². The van der Waals surface area contributed by atoms with Crippen LogP contribution in [0.1, 0.15) is 6.42 Å². The topological polar surface area (TPSA) is 84.1 Å². The number of imidazole rings is 1. The van der Waals surface area contributed by atoms with Crippen molar-refractivity contribution >= 4 is 35.0 Å². The molecule has 0 aliphatic carbocycles. The molecule has 0 saturated carbocycles. The molecule has 3 aromatic heterocycles. The molecular weight excluding hydrogens is 398 g/mol. The van der Waals surface area contributed by atoms with E-state index >= 15 is 0 Å². The Hall–Kier alpha value is -2.90. The fraction of sp³-hybridized carbons (Fsp3) is 0.100. The van der Waals surface area contributed by atoms with E-state index in [1.165, 1.54) is 11.8 Å². The van der Waals surface area contributed by atoms with Crippen molar-refractivity contribution in [1.82, 2.24) is 9.97 Å². The quantitative estimate of drug-likeness (QED) is 0.379. The van der Waals surface area contributed by atoms with Crippen molar-refractivity contribution in [2.75, 3.05) is 11.1 Å². The van der Waals surface area contributed by atoms with Gasteiger partial charge in [0, 0.05) is 22.9 Å². The molecule has 0 bridgehead atoms. The molecule has 3 heterocycles. The van der Waals surface area contributed by atoms with Gasteiger partial charge in [-0.3, -0.25) is 4.79 Å². The average Bonchev–Trinajstić information content (AvgIpc) is 3.42. The average molecular weight is 414 g/mol. The van der Waals surface area contributed by atoms with Crippen LogP contribution in [0, 0.1) is 0 Å². The Labute approximate surface area is 170 Å². The summed E-state index contributed by atoms with van der Waals surface area (Å²) in [5.74, 6) is 1.80. The number of rotatable bonds is 7. The van der Waals surface area contributed by atoms with Crippen molar-refractivity contribution in [2.45, 2.75) is 11.6 Å². The molecule has 1 aromatic carbocycles. The van der Waals surface area contributed by atoms with Gasteiger partial charge in [-0.25, -0.2) is 4.98 Å². The minimum atomic E-state index is -0.0844. The number of amides is 1. The first-order chi connectivity index (χ1) is 13.7. The number of halogens is 1. The number of aromatic nitrogens is 2. The van der Waals surface area contributed by atoms with Crippen molar-refractivity contribution in [3.63, 3.8) is 0 Å². The van der Waals surface area contributed by atoms with Crippen LogP contribution in [-0.4, -0.2) is 21.6 Å². The van der Waals surface area contributed by atoms with Gasteiger partial charge in [-0.05, 0) is 42.5 Å². The van der Waals surface area contributed by atoms with Gasteiger partial charge in [-0.15, -0.1) is 0 Å². The molecule has 0 unspecified atom stereocenters. The van der Waals surface area contributed by atoms with Crippen LogP contribution in [0.2, 0.25) is 5.02 Å².